The van der Waals surface area contributed by atoms with E-state index >= 15 is 0 Å². The van der Waals surface area contributed by atoms with Crippen molar-refractivity contribution in [3.8, 4) is 5.75 Å². The van der Waals surface area contributed by atoms with Gasteiger partial charge in [0.1, 0.15) is 12.4 Å². The number of likely N-dealkylation sites (N-methyl/N-ethyl adjacent to an activating group) is 1. The van der Waals surface area contributed by atoms with Crippen LogP contribution in [-0.4, -0.2) is 80.6 Å². The van der Waals surface area contributed by atoms with Gasteiger partial charge in [0.25, 0.3) is 0 Å². The Labute approximate surface area is 168 Å². The highest BCUT2D eigenvalue weighted by Crippen LogP contribution is 2.36. The maximum atomic E-state index is 12.3. The summed E-state index contributed by atoms with van der Waals surface area (Å²) in [5, 5.41) is 0.716. The molecule has 2 fully saturated rings. The smallest absolute Gasteiger partial charge is 0.236 e. The molecule has 0 aliphatic carbocycles. The Morgan fingerprint density at radius 1 is 1.19 bits per heavy atom. The third-order valence-corrected chi connectivity index (χ3v) is 5.81. The molecule has 3 rings (SSSR count). The molecule has 1 amide bonds. The molecule has 0 unspecified atom stereocenters. The van der Waals surface area contributed by atoms with E-state index in [1.54, 1.807) is 0 Å². The van der Waals surface area contributed by atoms with Crippen LogP contribution in [0.15, 0.2) is 18.2 Å². The van der Waals surface area contributed by atoms with Crippen LogP contribution in [-0.2, 0) is 4.79 Å². The van der Waals surface area contributed by atoms with Crippen LogP contribution in [0.1, 0.15) is 37.2 Å². The van der Waals surface area contributed by atoms with Gasteiger partial charge in [-0.1, -0.05) is 17.7 Å². The minimum Gasteiger partial charge on any atom is -0.492 e. The number of amides is 1. The van der Waals surface area contributed by atoms with E-state index in [0.29, 0.717) is 24.1 Å². The third-order valence-electron chi connectivity index (χ3n) is 5.58. The molecule has 0 saturated carbocycles. The van der Waals surface area contributed by atoms with Crippen LogP contribution in [0.3, 0.4) is 0 Å². The monoisotopic (exact) mass is 393 g/mol. The number of nitrogens with zero attached hydrogens (tertiary/aromatic N) is 3. The number of benzene rings is 1. The van der Waals surface area contributed by atoms with Gasteiger partial charge < -0.3 is 14.5 Å². The Hall–Kier alpha value is -1.30. The van der Waals surface area contributed by atoms with Crippen molar-refractivity contribution in [2.45, 2.75) is 31.6 Å². The number of carbonyl (C=O) groups excluding carboxylic acids is 1. The second kappa shape index (κ2) is 9.76. The average molecular weight is 394 g/mol. The van der Waals surface area contributed by atoms with Gasteiger partial charge in [-0.3, -0.25) is 9.69 Å². The Kier molecular flexibility index (Phi) is 7.39. The minimum atomic E-state index is 0.219. The SMILES string of the molecule is CN(C)CC(=O)N1CCC(c2ccc(Cl)cc2OCCN2CCCC2)CC1. The lowest BCUT2D eigenvalue weighted by atomic mass is 9.88. The Balaban J connectivity index is 1.57. The summed E-state index contributed by atoms with van der Waals surface area (Å²) < 4.78 is 6.15. The first-order valence-electron chi connectivity index (χ1n) is 10.1. The van der Waals surface area contributed by atoms with E-state index in [4.69, 9.17) is 16.3 Å². The molecule has 1 aromatic carbocycles. The molecular formula is C21H32ClN3O2. The summed E-state index contributed by atoms with van der Waals surface area (Å²) in [5.41, 5.74) is 1.24. The van der Waals surface area contributed by atoms with Crippen molar-refractivity contribution in [2.75, 3.05) is 60.0 Å². The number of ether oxygens (including phenoxy) is 1. The molecule has 0 radical (unpaired) electrons. The maximum absolute atomic E-state index is 12.3. The van der Waals surface area contributed by atoms with Crippen molar-refractivity contribution in [1.29, 1.82) is 0 Å². The Morgan fingerprint density at radius 3 is 2.56 bits per heavy atom. The van der Waals surface area contributed by atoms with Gasteiger partial charge in [0.05, 0.1) is 6.54 Å². The summed E-state index contributed by atoms with van der Waals surface area (Å²) in [5.74, 6) is 1.56. The summed E-state index contributed by atoms with van der Waals surface area (Å²) in [6.45, 7) is 6.16. The van der Waals surface area contributed by atoms with Gasteiger partial charge in [0.2, 0.25) is 5.91 Å². The Morgan fingerprint density at radius 2 is 1.89 bits per heavy atom. The van der Waals surface area contributed by atoms with Crippen LogP contribution in [0, 0.1) is 0 Å². The molecule has 2 aliphatic heterocycles. The molecule has 2 saturated heterocycles. The van der Waals surface area contributed by atoms with Crippen molar-refractivity contribution in [3.63, 3.8) is 0 Å². The van der Waals surface area contributed by atoms with Gasteiger partial charge in [-0.25, -0.2) is 0 Å². The van der Waals surface area contributed by atoms with E-state index < -0.39 is 0 Å². The standard InChI is InChI=1S/C21H32ClN3O2/c1-23(2)16-21(26)25-11-7-17(8-12-25)19-6-5-18(22)15-20(19)27-14-13-24-9-3-4-10-24/h5-6,15,17H,3-4,7-14,16H2,1-2H3. The molecule has 150 valence electrons. The van der Waals surface area contributed by atoms with Crippen molar-refractivity contribution in [2.24, 2.45) is 0 Å². The lowest BCUT2D eigenvalue weighted by Gasteiger charge is -2.33. The Bertz CT molecular complexity index is 624. The molecule has 0 atom stereocenters. The number of piperidine rings is 1. The van der Waals surface area contributed by atoms with Crippen molar-refractivity contribution in [3.05, 3.63) is 28.8 Å². The molecule has 0 aromatic heterocycles. The first kappa shape index (κ1) is 20.4. The lowest BCUT2D eigenvalue weighted by molar-refractivity contribution is -0.132. The number of halogens is 1. The van der Waals surface area contributed by atoms with E-state index in [-0.39, 0.29) is 5.91 Å². The van der Waals surface area contributed by atoms with Gasteiger partial charge >= 0.3 is 0 Å². The highest BCUT2D eigenvalue weighted by atomic mass is 35.5. The molecule has 0 spiro atoms. The first-order valence-corrected chi connectivity index (χ1v) is 10.5. The average Bonchev–Trinajstić information content (AvgIpc) is 3.15. The lowest BCUT2D eigenvalue weighted by Crippen LogP contribution is -2.42. The van der Waals surface area contributed by atoms with Gasteiger partial charge in [0.15, 0.2) is 0 Å². The van der Waals surface area contributed by atoms with Crippen LogP contribution < -0.4 is 4.74 Å². The fraction of sp³-hybridized carbons (Fsp3) is 0.667. The summed E-state index contributed by atoms with van der Waals surface area (Å²) in [7, 11) is 3.87. The first-order chi connectivity index (χ1) is 13.0. The highest BCUT2D eigenvalue weighted by molar-refractivity contribution is 6.30. The number of hydrogen-bond acceptors (Lipinski definition) is 4. The van der Waals surface area contributed by atoms with Gasteiger partial charge in [-0.2, -0.15) is 0 Å². The molecule has 6 heteroatoms. The van der Waals surface area contributed by atoms with Crippen LogP contribution in [0.5, 0.6) is 5.75 Å². The predicted molar refractivity (Wildman–Crippen MR) is 110 cm³/mol. The largest absolute Gasteiger partial charge is 0.492 e. The van der Waals surface area contributed by atoms with E-state index in [0.717, 1.165) is 38.2 Å². The van der Waals surface area contributed by atoms with Crippen molar-refractivity contribution >= 4 is 17.5 Å². The molecule has 0 N–H and O–H groups in total. The maximum Gasteiger partial charge on any atom is 0.236 e. The topological polar surface area (TPSA) is 36.0 Å². The third kappa shape index (κ3) is 5.84. The zero-order valence-corrected chi connectivity index (χ0v) is 17.4. The van der Waals surface area contributed by atoms with Crippen molar-refractivity contribution < 1.29 is 9.53 Å². The minimum absolute atomic E-state index is 0.219. The zero-order valence-electron chi connectivity index (χ0n) is 16.6. The summed E-state index contributed by atoms with van der Waals surface area (Å²) in [6, 6.07) is 6.01. The van der Waals surface area contributed by atoms with Crippen LogP contribution in [0.2, 0.25) is 5.02 Å². The van der Waals surface area contributed by atoms with Crippen LogP contribution in [0.25, 0.3) is 0 Å². The van der Waals surface area contributed by atoms with Gasteiger partial charge in [-0.05, 0) is 76.5 Å². The van der Waals surface area contributed by atoms with E-state index in [1.807, 2.05) is 36.0 Å². The fourth-order valence-electron chi connectivity index (χ4n) is 4.07. The number of hydrogen-bond donors (Lipinski definition) is 0. The number of carbonyl (C=O) groups is 1. The highest BCUT2D eigenvalue weighted by Gasteiger charge is 2.26. The molecule has 27 heavy (non-hydrogen) atoms. The molecule has 5 nitrogen and oxygen atoms in total. The molecule has 2 heterocycles. The fourth-order valence-corrected chi connectivity index (χ4v) is 4.23. The van der Waals surface area contributed by atoms with Crippen molar-refractivity contribution in [1.82, 2.24) is 14.7 Å². The van der Waals surface area contributed by atoms with E-state index in [2.05, 4.69) is 11.0 Å². The summed E-state index contributed by atoms with van der Waals surface area (Å²) in [4.78, 5) is 18.6. The van der Waals surface area contributed by atoms with Gasteiger partial charge in [0, 0.05) is 24.7 Å². The van der Waals surface area contributed by atoms with Crippen LogP contribution in [0.4, 0.5) is 0 Å². The quantitative estimate of drug-likeness (QED) is 0.713. The van der Waals surface area contributed by atoms with Gasteiger partial charge in [-0.15, -0.1) is 0 Å². The number of likely N-dealkylation sites (tertiary alicyclic amines) is 2. The second-order valence-corrected chi connectivity index (χ2v) is 8.41. The second-order valence-electron chi connectivity index (χ2n) is 7.97. The predicted octanol–water partition coefficient (Wildman–Crippen LogP) is 3.08. The van der Waals surface area contributed by atoms with E-state index in [9.17, 15) is 4.79 Å². The summed E-state index contributed by atoms with van der Waals surface area (Å²) in [6.07, 6.45) is 4.55. The molecule has 1 aromatic rings. The zero-order chi connectivity index (χ0) is 19.2. The van der Waals surface area contributed by atoms with Crippen LogP contribution >= 0.6 is 11.6 Å². The molecular weight excluding hydrogens is 362 g/mol. The normalized spacial score (nSPS) is 19.0. The van der Waals surface area contributed by atoms with E-state index in [1.165, 1.54) is 31.5 Å². The molecule has 2 aliphatic rings. The number of rotatable bonds is 7. The molecule has 0 bridgehead atoms. The summed E-state index contributed by atoms with van der Waals surface area (Å²) >= 11 is 6.23.